The Hall–Kier alpha value is -0.770. The smallest absolute Gasteiger partial charge is 0.315 e. The third-order valence-electron chi connectivity index (χ3n) is 3.45. The molecule has 0 radical (unpaired) electrons. The van der Waals surface area contributed by atoms with Crippen molar-refractivity contribution in [2.45, 2.75) is 50.6 Å². The number of rotatable bonds is 4. The number of nitrogens with two attached hydrogens (primary N) is 1. The number of urea groups is 1. The van der Waals surface area contributed by atoms with E-state index < -0.39 is 0 Å². The molecular formula is C11H21N3O. The van der Waals surface area contributed by atoms with Gasteiger partial charge in [-0.05, 0) is 31.6 Å². The van der Waals surface area contributed by atoms with Crippen LogP contribution in [0.3, 0.4) is 0 Å². The number of amides is 2. The van der Waals surface area contributed by atoms with Gasteiger partial charge in [0.1, 0.15) is 0 Å². The van der Waals surface area contributed by atoms with Crippen molar-refractivity contribution < 1.29 is 4.79 Å². The van der Waals surface area contributed by atoms with Crippen LogP contribution in [0.5, 0.6) is 0 Å². The minimum absolute atomic E-state index is 0.0238. The lowest BCUT2D eigenvalue weighted by molar-refractivity contribution is 0.232. The Labute approximate surface area is 91.0 Å². The molecule has 1 atom stereocenters. The molecule has 86 valence electrons. The first-order valence-electron chi connectivity index (χ1n) is 6.06. The predicted molar refractivity (Wildman–Crippen MR) is 59.5 cm³/mol. The van der Waals surface area contributed by atoms with Gasteiger partial charge in [0.15, 0.2) is 0 Å². The maximum atomic E-state index is 11.6. The first-order chi connectivity index (χ1) is 7.29. The third-order valence-corrected chi connectivity index (χ3v) is 3.45. The normalized spacial score (nSPS) is 23.8. The van der Waals surface area contributed by atoms with Crippen molar-refractivity contribution in [1.82, 2.24) is 10.6 Å². The van der Waals surface area contributed by atoms with Gasteiger partial charge in [0.05, 0.1) is 0 Å². The van der Waals surface area contributed by atoms with Crippen LogP contribution < -0.4 is 16.4 Å². The van der Waals surface area contributed by atoms with E-state index in [4.69, 9.17) is 5.73 Å². The molecule has 0 heterocycles. The van der Waals surface area contributed by atoms with Gasteiger partial charge in [-0.15, -0.1) is 0 Å². The van der Waals surface area contributed by atoms with Gasteiger partial charge in [-0.1, -0.05) is 12.8 Å². The van der Waals surface area contributed by atoms with Gasteiger partial charge in [0, 0.05) is 18.6 Å². The van der Waals surface area contributed by atoms with Crippen LogP contribution in [-0.4, -0.2) is 24.7 Å². The third kappa shape index (κ3) is 3.09. The zero-order chi connectivity index (χ0) is 10.7. The summed E-state index contributed by atoms with van der Waals surface area (Å²) in [7, 11) is 0. The Morgan fingerprint density at radius 3 is 2.47 bits per heavy atom. The summed E-state index contributed by atoms with van der Waals surface area (Å²) in [5.41, 5.74) is 5.63. The highest BCUT2D eigenvalue weighted by Crippen LogP contribution is 2.32. The summed E-state index contributed by atoms with van der Waals surface area (Å²) in [6.45, 7) is 0.558. The molecule has 2 rings (SSSR count). The van der Waals surface area contributed by atoms with Crippen molar-refractivity contribution in [3.05, 3.63) is 0 Å². The summed E-state index contributed by atoms with van der Waals surface area (Å²) in [5.74, 6) is 0.629. The fourth-order valence-electron chi connectivity index (χ4n) is 2.33. The summed E-state index contributed by atoms with van der Waals surface area (Å²) in [6, 6.07) is 0.554. The summed E-state index contributed by atoms with van der Waals surface area (Å²) < 4.78 is 0. The van der Waals surface area contributed by atoms with Gasteiger partial charge in [-0.3, -0.25) is 0 Å². The molecule has 15 heavy (non-hydrogen) atoms. The maximum absolute atomic E-state index is 11.6. The molecule has 4 heteroatoms. The Kier molecular flexibility index (Phi) is 3.46. The van der Waals surface area contributed by atoms with Gasteiger partial charge >= 0.3 is 6.03 Å². The number of hydrogen-bond donors (Lipinski definition) is 3. The molecule has 4 N–H and O–H groups in total. The highest BCUT2D eigenvalue weighted by molar-refractivity contribution is 5.74. The zero-order valence-corrected chi connectivity index (χ0v) is 9.17. The molecule has 0 aromatic rings. The van der Waals surface area contributed by atoms with Crippen molar-refractivity contribution >= 4 is 6.03 Å². The lowest BCUT2D eigenvalue weighted by atomic mass is 10.2. The molecule has 1 unspecified atom stereocenters. The molecule has 0 saturated heterocycles. The van der Waals surface area contributed by atoms with Crippen LogP contribution >= 0.6 is 0 Å². The fraction of sp³-hybridized carbons (Fsp3) is 0.909. The average molecular weight is 211 g/mol. The molecule has 0 bridgehead atoms. The second-order valence-corrected chi connectivity index (χ2v) is 4.78. The van der Waals surface area contributed by atoms with E-state index in [0.29, 0.717) is 18.5 Å². The minimum atomic E-state index is -0.0238. The highest BCUT2D eigenvalue weighted by Gasteiger charge is 2.31. The van der Waals surface area contributed by atoms with E-state index in [-0.39, 0.29) is 12.1 Å². The highest BCUT2D eigenvalue weighted by atomic mass is 16.2. The number of nitrogens with one attached hydrogen (secondary N) is 2. The molecule has 0 aromatic carbocycles. The van der Waals surface area contributed by atoms with Crippen molar-refractivity contribution in [1.29, 1.82) is 0 Å². The maximum Gasteiger partial charge on any atom is 0.315 e. The predicted octanol–water partition coefficient (Wildman–Crippen LogP) is 0.965. The number of hydrogen-bond acceptors (Lipinski definition) is 2. The minimum Gasteiger partial charge on any atom is -0.335 e. The van der Waals surface area contributed by atoms with Crippen LogP contribution in [0.2, 0.25) is 0 Å². The van der Waals surface area contributed by atoms with Crippen molar-refractivity contribution in [2.75, 3.05) is 6.54 Å². The molecule has 2 fully saturated rings. The lowest BCUT2D eigenvalue weighted by Crippen LogP contribution is -2.49. The van der Waals surface area contributed by atoms with Crippen LogP contribution in [0.15, 0.2) is 0 Å². The van der Waals surface area contributed by atoms with Crippen LogP contribution in [0.4, 0.5) is 4.79 Å². The van der Waals surface area contributed by atoms with Crippen LogP contribution in [0.1, 0.15) is 38.5 Å². The first-order valence-corrected chi connectivity index (χ1v) is 6.06. The molecule has 0 aliphatic heterocycles. The Morgan fingerprint density at radius 1 is 1.27 bits per heavy atom. The van der Waals surface area contributed by atoms with Crippen LogP contribution in [0.25, 0.3) is 0 Å². The molecule has 0 aromatic heterocycles. The van der Waals surface area contributed by atoms with Gasteiger partial charge in [-0.2, -0.15) is 0 Å². The standard InChI is InChI=1S/C11H21N3O/c12-7-10(8-5-6-8)14-11(15)13-9-3-1-2-4-9/h8-10H,1-7,12H2,(H2,13,14,15). The number of carbonyl (C=O) groups excluding carboxylic acids is 1. The number of carbonyl (C=O) groups is 1. The average Bonchev–Trinajstić information content (AvgIpc) is 2.95. The van der Waals surface area contributed by atoms with Crippen molar-refractivity contribution in [2.24, 2.45) is 11.7 Å². The summed E-state index contributed by atoms with van der Waals surface area (Å²) >= 11 is 0. The largest absolute Gasteiger partial charge is 0.335 e. The van der Waals surface area contributed by atoms with Gasteiger partial charge in [0.2, 0.25) is 0 Å². The Morgan fingerprint density at radius 2 is 1.93 bits per heavy atom. The molecule has 2 aliphatic rings. The summed E-state index contributed by atoms with van der Waals surface area (Å²) in [6.07, 6.45) is 7.17. The first kappa shape index (κ1) is 10.7. The second kappa shape index (κ2) is 4.84. The SMILES string of the molecule is NCC(NC(=O)NC1CCCC1)C1CC1. The summed E-state index contributed by atoms with van der Waals surface area (Å²) in [4.78, 5) is 11.6. The molecule has 0 spiro atoms. The van der Waals surface area contributed by atoms with Gasteiger partial charge < -0.3 is 16.4 Å². The van der Waals surface area contributed by atoms with Crippen LogP contribution in [-0.2, 0) is 0 Å². The Bertz CT molecular complexity index is 222. The van der Waals surface area contributed by atoms with Gasteiger partial charge in [0.25, 0.3) is 0 Å². The van der Waals surface area contributed by atoms with E-state index in [0.717, 1.165) is 12.8 Å². The molecule has 2 aliphatic carbocycles. The van der Waals surface area contributed by atoms with Crippen molar-refractivity contribution in [3.8, 4) is 0 Å². The van der Waals surface area contributed by atoms with Crippen molar-refractivity contribution in [3.63, 3.8) is 0 Å². The topological polar surface area (TPSA) is 67.1 Å². The van der Waals surface area contributed by atoms with E-state index in [1.54, 1.807) is 0 Å². The fourth-order valence-corrected chi connectivity index (χ4v) is 2.33. The molecule has 4 nitrogen and oxygen atoms in total. The van der Waals surface area contributed by atoms with E-state index in [1.165, 1.54) is 25.7 Å². The van der Waals surface area contributed by atoms with E-state index in [2.05, 4.69) is 10.6 Å². The quantitative estimate of drug-likeness (QED) is 0.648. The van der Waals surface area contributed by atoms with Gasteiger partial charge in [-0.25, -0.2) is 4.79 Å². The summed E-state index contributed by atoms with van der Waals surface area (Å²) in [5, 5.41) is 6.00. The second-order valence-electron chi connectivity index (χ2n) is 4.78. The van der Waals surface area contributed by atoms with E-state index >= 15 is 0 Å². The zero-order valence-electron chi connectivity index (χ0n) is 9.17. The Balaban J connectivity index is 1.70. The monoisotopic (exact) mass is 211 g/mol. The molecular weight excluding hydrogens is 190 g/mol. The molecule has 2 saturated carbocycles. The lowest BCUT2D eigenvalue weighted by Gasteiger charge is -2.19. The van der Waals surface area contributed by atoms with E-state index in [9.17, 15) is 4.79 Å². The molecule has 2 amide bonds. The van der Waals surface area contributed by atoms with Crippen LogP contribution in [0, 0.1) is 5.92 Å². The van der Waals surface area contributed by atoms with E-state index in [1.807, 2.05) is 0 Å².